The van der Waals surface area contributed by atoms with Gasteiger partial charge in [0, 0.05) is 30.7 Å². The fourth-order valence-electron chi connectivity index (χ4n) is 6.73. The van der Waals surface area contributed by atoms with Crippen LogP contribution >= 0.6 is 11.6 Å². The summed E-state index contributed by atoms with van der Waals surface area (Å²) in [6.45, 7) is 2.99. The van der Waals surface area contributed by atoms with Crippen LogP contribution in [0.1, 0.15) is 48.9 Å². The van der Waals surface area contributed by atoms with Crippen molar-refractivity contribution in [3.8, 4) is 0 Å². The molecule has 0 radical (unpaired) electrons. The van der Waals surface area contributed by atoms with E-state index in [0.29, 0.717) is 33.8 Å². The van der Waals surface area contributed by atoms with Crippen LogP contribution in [0.25, 0.3) is 10.9 Å². The number of hydrogen-bond acceptors (Lipinski definition) is 3. The molecule has 2 bridgehead atoms. The molecule has 5 nitrogen and oxygen atoms in total. The quantitative estimate of drug-likeness (QED) is 0.679. The van der Waals surface area contributed by atoms with Crippen LogP contribution in [0.15, 0.2) is 40.8 Å². The van der Waals surface area contributed by atoms with Gasteiger partial charge in [-0.25, -0.2) is 0 Å². The monoisotopic (exact) mass is 437 g/mol. The lowest BCUT2D eigenvalue weighted by Gasteiger charge is -2.54. The Hall–Kier alpha value is -2.11. The molecule has 4 aliphatic rings. The van der Waals surface area contributed by atoms with Gasteiger partial charge in [-0.2, -0.15) is 0 Å². The van der Waals surface area contributed by atoms with Crippen molar-refractivity contribution in [3.05, 3.63) is 56.9 Å². The number of para-hydroxylation sites is 1. The number of likely N-dealkylation sites (tertiary alicyclic amines) is 1. The van der Waals surface area contributed by atoms with Gasteiger partial charge >= 0.3 is 0 Å². The summed E-state index contributed by atoms with van der Waals surface area (Å²) >= 11 is 6.24. The first-order valence-electron chi connectivity index (χ1n) is 11.7. The van der Waals surface area contributed by atoms with Crippen molar-refractivity contribution in [3.63, 3.8) is 0 Å². The molecular formula is C25H28ClN3O2. The number of nitrogens with zero attached hydrogens (tertiary/aromatic N) is 2. The normalized spacial score (nSPS) is 30.5. The fourth-order valence-corrected chi connectivity index (χ4v) is 6.96. The van der Waals surface area contributed by atoms with Crippen LogP contribution in [0.3, 0.4) is 0 Å². The highest BCUT2D eigenvalue weighted by atomic mass is 35.5. The van der Waals surface area contributed by atoms with E-state index in [1.807, 2.05) is 4.90 Å². The highest BCUT2D eigenvalue weighted by Crippen LogP contribution is 2.45. The van der Waals surface area contributed by atoms with Gasteiger partial charge in [0.1, 0.15) is 5.56 Å². The standard InChI is InChI=1S/C25H28ClN3O2/c26-20-7-3-6-18-22(20)27-13-19(24(18)30)25(31)29-10-4-5-15-11-16-12-17(23(15)29)14-28-9-2-1-8-21(16)28/h3,6-7,11,13,16-17,21,23H,1-2,4-5,8-10,12,14H2,(H,27,30)/t16-,17+,21-,23+/m0/s1. The van der Waals surface area contributed by atoms with Gasteiger partial charge in [0.15, 0.2) is 0 Å². The van der Waals surface area contributed by atoms with E-state index in [0.717, 1.165) is 25.9 Å². The van der Waals surface area contributed by atoms with Crippen LogP contribution < -0.4 is 5.43 Å². The fraction of sp³-hybridized carbons (Fsp3) is 0.520. The third-order valence-corrected chi connectivity index (χ3v) is 8.33. The predicted octanol–water partition coefficient (Wildman–Crippen LogP) is 4.22. The van der Waals surface area contributed by atoms with Crippen LogP contribution in [0.2, 0.25) is 5.02 Å². The van der Waals surface area contributed by atoms with Crippen LogP contribution in [0, 0.1) is 11.8 Å². The number of halogens is 1. The van der Waals surface area contributed by atoms with Crippen molar-refractivity contribution in [2.75, 3.05) is 19.6 Å². The molecule has 0 unspecified atom stereocenters. The van der Waals surface area contributed by atoms with Crippen LogP contribution in [0.4, 0.5) is 0 Å². The number of rotatable bonds is 1. The smallest absolute Gasteiger partial charge is 0.259 e. The Morgan fingerprint density at radius 1 is 1.16 bits per heavy atom. The maximum absolute atomic E-state index is 13.7. The summed E-state index contributed by atoms with van der Waals surface area (Å²) in [6.07, 6.45) is 11.2. The molecule has 2 aromatic rings. The van der Waals surface area contributed by atoms with Gasteiger partial charge < -0.3 is 9.88 Å². The summed E-state index contributed by atoms with van der Waals surface area (Å²) in [7, 11) is 0. The maximum Gasteiger partial charge on any atom is 0.259 e. The van der Waals surface area contributed by atoms with E-state index in [4.69, 9.17) is 11.6 Å². The number of piperidine rings is 3. The molecule has 1 N–H and O–H groups in total. The molecular weight excluding hydrogens is 410 g/mol. The Labute approximate surface area is 187 Å². The Morgan fingerprint density at radius 3 is 2.97 bits per heavy atom. The van der Waals surface area contributed by atoms with E-state index in [1.54, 1.807) is 24.4 Å². The lowest BCUT2D eigenvalue weighted by molar-refractivity contribution is 0.00143. The number of fused-ring (bicyclic) bond motifs is 7. The minimum Gasteiger partial charge on any atom is -0.359 e. The van der Waals surface area contributed by atoms with E-state index >= 15 is 0 Å². The number of nitrogens with one attached hydrogen (secondary N) is 1. The van der Waals surface area contributed by atoms with E-state index < -0.39 is 0 Å². The minimum absolute atomic E-state index is 0.134. The number of aromatic nitrogens is 1. The zero-order valence-corrected chi connectivity index (χ0v) is 18.4. The summed E-state index contributed by atoms with van der Waals surface area (Å²) < 4.78 is 0. The molecule has 0 spiro atoms. The lowest BCUT2D eigenvalue weighted by atomic mass is 9.68. The molecule has 4 atom stereocenters. The topological polar surface area (TPSA) is 56.4 Å². The first kappa shape index (κ1) is 19.6. The minimum atomic E-state index is -0.231. The van der Waals surface area contributed by atoms with Crippen LogP contribution in [-0.4, -0.2) is 52.4 Å². The third-order valence-electron chi connectivity index (χ3n) is 8.01. The summed E-state index contributed by atoms with van der Waals surface area (Å²) in [5.74, 6) is 0.960. The number of hydrogen-bond donors (Lipinski definition) is 1. The molecule has 1 aromatic heterocycles. The Kier molecular flexibility index (Phi) is 4.73. The molecule has 6 rings (SSSR count). The molecule has 1 aliphatic carbocycles. The second-order valence-corrected chi connectivity index (χ2v) is 10.1. The number of carbonyl (C=O) groups excluding carboxylic acids is 1. The number of amides is 1. The molecule has 3 saturated heterocycles. The number of pyridine rings is 1. The molecule has 0 saturated carbocycles. The maximum atomic E-state index is 13.7. The first-order valence-corrected chi connectivity index (χ1v) is 12.0. The summed E-state index contributed by atoms with van der Waals surface area (Å²) in [6, 6.07) is 6.07. The van der Waals surface area contributed by atoms with Gasteiger partial charge in [-0.1, -0.05) is 35.7 Å². The molecule has 3 aliphatic heterocycles. The first-order chi connectivity index (χ1) is 15.1. The summed E-state index contributed by atoms with van der Waals surface area (Å²) in [4.78, 5) is 34.6. The Bertz CT molecular complexity index is 1140. The number of carbonyl (C=O) groups is 1. The molecule has 1 aromatic carbocycles. The molecule has 6 heteroatoms. The van der Waals surface area contributed by atoms with Gasteiger partial charge in [-0.05, 0) is 62.6 Å². The van der Waals surface area contributed by atoms with Crippen LogP contribution in [-0.2, 0) is 0 Å². The summed E-state index contributed by atoms with van der Waals surface area (Å²) in [5.41, 5.74) is 2.02. The molecule has 4 heterocycles. The number of H-pyrrole nitrogens is 1. The van der Waals surface area contributed by atoms with Crippen molar-refractivity contribution in [1.29, 1.82) is 0 Å². The van der Waals surface area contributed by atoms with Gasteiger partial charge in [-0.3, -0.25) is 14.5 Å². The van der Waals surface area contributed by atoms with Gasteiger partial charge in [0.25, 0.3) is 5.91 Å². The van der Waals surface area contributed by atoms with Crippen molar-refractivity contribution in [1.82, 2.24) is 14.8 Å². The van der Waals surface area contributed by atoms with Gasteiger partial charge in [0.05, 0.1) is 16.6 Å². The zero-order valence-electron chi connectivity index (χ0n) is 17.6. The zero-order chi connectivity index (χ0) is 21.1. The lowest BCUT2D eigenvalue weighted by Crippen LogP contribution is -2.60. The van der Waals surface area contributed by atoms with E-state index in [2.05, 4.69) is 16.0 Å². The van der Waals surface area contributed by atoms with Crippen molar-refractivity contribution < 1.29 is 4.79 Å². The van der Waals surface area contributed by atoms with Crippen LogP contribution in [0.5, 0.6) is 0 Å². The second-order valence-electron chi connectivity index (χ2n) is 9.70. The second kappa shape index (κ2) is 7.49. The SMILES string of the molecule is O=C(c1c[nH]c2c(Cl)cccc2c1=O)N1CCCC2=C[C@H]3C[C@H](CN4CCCC[C@@H]34)[C@@H]21. The van der Waals surface area contributed by atoms with E-state index in [-0.39, 0.29) is 22.9 Å². The van der Waals surface area contributed by atoms with Gasteiger partial charge in [0.2, 0.25) is 5.43 Å². The third kappa shape index (κ3) is 3.08. The highest BCUT2D eigenvalue weighted by molar-refractivity contribution is 6.35. The van der Waals surface area contributed by atoms with E-state index in [9.17, 15) is 9.59 Å². The molecule has 1 amide bonds. The van der Waals surface area contributed by atoms with Crippen molar-refractivity contribution in [2.45, 2.75) is 50.6 Å². The average molecular weight is 438 g/mol. The van der Waals surface area contributed by atoms with Crippen molar-refractivity contribution in [2.24, 2.45) is 11.8 Å². The highest BCUT2D eigenvalue weighted by Gasteiger charge is 2.47. The molecule has 31 heavy (non-hydrogen) atoms. The average Bonchev–Trinajstić information content (AvgIpc) is 2.79. The molecule has 162 valence electrons. The van der Waals surface area contributed by atoms with E-state index in [1.165, 1.54) is 37.8 Å². The Balaban J connectivity index is 1.37. The van der Waals surface area contributed by atoms with Gasteiger partial charge in [-0.15, -0.1) is 0 Å². The Morgan fingerprint density at radius 2 is 2.06 bits per heavy atom. The number of benzene rings is 1. The predicted molar refractivity (Wildman–Crippen MR) is 123 cm³/mol. The summed E-state index contributed by atoms with van der Waals surface area (Å²) in [5, 5.41) is 0.970. The largest absolute Gasteiger partial charge is 0.359 e. The number of aromatic amines is 1. The van der Waals surface area contributed by atoms with Crippen molar-refractivity contribution >= 4 is 28.4 Å². The molecule has 3 fully saturated rings.